The van der Waals surface area contributed by atoms with Gasteiger partial charge in [-0.25, -0.2) is 0 Å². The maximum Gasteiger partial charge on any atom is 0.0628 e. The Balaban J connectivity index is 0.000000528. The quantitative estimate of drug-likeness (QED) is 0.144. The number of fused-ring (bicyclic) bond motifs is 20. The Morgan fingerprint density at radius 2 is 0.312 bits per heavy atom. The second-order valence-electron chi connectivity index (χ2n) is 15.6. The van der Waals surface area contributed by atoms with E-state index >= 15 is 0 Å². The normalized spacial score (nSPS) is 48.5. The fraction of sp³-hybridized carbons (Fsp3) is 1.00. The van der Waals surface area contributed by atoms with Crippen molar-refractivity contribution in [2.24, 2.45) is 47.3 Å². The van der Waals surface area contributed by atoms with Gasteiger partial charge in [-0.15, -0.1) is 0 Å². The molecule has 9 fully saturated rings. The Kier molecular flexibility index (Phi) is 15.4. The Labute approximate surface area is 296 Å². The van der Waals surface area contributed by atoms with Gasteiger partial charge in [0.2, 0.25) is 0 Å². The zero-order chi connectivity index (χ0) is 34.2. The molecule has 8 heteroatoms. The molecule has 0 radical (unpaired) electrons. The summed E-state index contributed by atoms with van der Waals surface area (Å²) in [6.07, 6.45) is 25.6. The molecular formula is C40H80N8. The van der Waals surface area contributed by atoms with Crippen LogP contribution in [0.1, 0.15) is 158 Å². The second kappa shape index (κ2) is 19.0. The third-order valence-corrected chi connectivity index (χ3v) is 13.8. The van der Waals surface area contributed by atoms with Gasteiger partial charge in [0, 0.05) is 0 Å². The first kappa shape index (κ1) is 38.9. The second-order valence-corrected chi connectivity index (χ2v) is 15.6. The van der Waals surface area contributed by atoms with Gasteiger partial charge < -0.3 is 0 Å². The summed E-state index contributed by atoms with van der Waals surface area (Å²) >= 11 is 0. The molecule has 8 unspecified atom stereocenters. The Morgan fingerprint density at radius 1 is 0.208 bits per heavy atom. The molecule has 5 saturated heterocycles. The molecule has 9 rings (SSSR count). The minimum Gasteiger partial charge on any atom is -0.286 e. The Morgan fingerprint density at radius 3 is 0.417 bits per heavy atom. The number of rotatable bonds is 0. The highest BCUT2D eigenvalue weighted by Gasteiger charge is 2.54. The van der Waals surface area contributed by atoms with Gasteiger partial charge in [-0.2, -0.15) is 0 Å². The average Bonchev–Trinajstić information content (AvgIpc) is 3.91. The van der Waals surface area contributed by atoms with Crippen LogP contribution in [0.15, 0.2) is 0 Å². The van der Waals surface area contributed by atoms with Crippen molar-refractivity contribution in [3.8, 4) is 0 Å². The van der Waals surface area contributed by atoms with Crippen LogP contribution >= 0.6 is 0 Å². The average molecular weight is 673 g/mol. The molecule has 8 atom stereocenters. The number of hydrogen-bond acceptors (Lipinski definition) is 8. The topological polar surface area (TPSA) is 96.2 Å². The lowest BCUT2D eigenvalue weighted by Crippen LogP contribution is -2.61. The van der Waals surface area contributed by atoms with Crippen molar-refractivity contribution < 1.29 is 0 Å². The van der Waals surface area contributed by atoms with E-state index in [1.54, 1.807) is 0 Å². The van der Waals surface area contributed by atoms with Crippen LogP contribution < -0.4 is 42.5 Å². The van der Waals surface area contributed by atoms with Crippen LogP contribution in [-0.4, -0.2) is 49.3 Å². The van der Waals surface area contributed by atoms with Crippen LogP contribution in [0.3, 0.4) is 0 Å². The van der Waals surface area contributed by atoms with Gasteiger partial charge in [0.05, 0.1) is 49.3 Å². The molecule has 5 aliphatic heterocycles. The first-order valence-corrected chi connectivity index (χ1v) is 21.9. The maximum atomic E-state index is 4.26. The molecule has 0 amide bonds. The Bertz CT molecular complexity index is 712. The summed E-state index contributed by atoms with van der Waals surface area (Å²) in [4.78, 5) is 0. The van der Waals surface area contributed by atoms with Crippen molar-refractivity contribution in [2.75, 3.05) is 0 Å². The lowest BCUT2D eigenvalue weighted by molar-refractivity contribution is 0.167. The SMILES string of the molecule is C1CCC2C3NC(NC4NC(NC5NC(NC6NC(N3)C3CCCCC63)C3CCCCC53)C3CCCCC43)C2C1.CC.CC.CC.CC. The van der Waals surface area contributed by atoms with Gasteiger partial charge >= 0.3 is 0 Å². The van der Waals surface area contributed by atoms with Crippen molar-refractivity contribution >= 4 is 0 Å². The summed E-state index contributed by atoms with van der Waals surface area (Å²) in [5.74, 6) is 5.97. The Hall–Kier alpha value is -0.320. The molecule has 5 heterocycles. The van der Waals surface area contributed by atoms with Crippen LogP contribution in [-0.2, 0) is 0 Å². The fourth-order valence-electron chi connectivity index (χ4n) is 12.0. The highest BCUT2D eigenvalue weighted by molar-refractivity contribution is 5.08. The summed E-state index contributed by atoms with van der Waals surface area (Å²) in [5, 5.41) is 33.8. The van der Waals surface area contributed by atoms with Crippen LogP contribution in [0, 0.1) is 47.3 Å². The molecule has 0 aromatic rings. The lowest BCUT2D eigenvalue weighted by Gasteiger charge is -2.35. The van der Waals surface area contributed by atoms with Crippen LogP contribution in [0.2, 0.25) is 0 Å². The van der Waals surface area contributed by atoms with E-state index in [9.17, 15) is 0 Å². The van der Waals surface area contributed by atoms with Crippen molar-refractivity contribution in [1.29, 1.82) is 0 Å². The minimum absolute atomic E-state index is 0.420. The molecular weight excluding hydrogens is 592 g/mol. The lowest BCUT2D eigenvalue weighted by atomic mass is 9.76. The summed E-state index contributed by atoms with van der Waals surface area (Å²) in [6.45, 7) is 16.0. The summed E-state index contributed by atoms with van der Waals surface area (Å²) < 4.78 is 0. The van der Waals surface area contributed by atoms with Crippen molar-refractivity contribution in [2.45, 2.75) is 207 Å². The van der Waals surface area contributed by atoms with E-state index in [2.05, 4.69) is 42.5 Å². The predicted molar refractivity (Wildman–Crippen MR) is 203 cm³/mol. The van der Waals surface area contributed by atoms with E-state index in [1.807, 2.05) is 55.4 Å². The largest absolute Gasteiger partial charge is 0.286 e. The summed E-state index contributed by atoms with van der Waals surface area (Å²) in [7, 11) is 0. The molecule has 48 heavy (non-hydrogen) atoms. The molecule has 4 saturated carbocycles. The van der Waals surface area contributed by atoms with Gasteiger partial charge in [0.25, 0.3) is 0 Å². The zero-order valence-corrected chi connectivity index (χ0v) is 32.6. The molecule has 0 aromatic carbocycles. The molecule has 8 nitrogen and oxygen atoms in total. The highest BCUT2D eigenvalue weighted by atomic mass is 15.4. The maximum absolute atomic E-state index is 4.26. The van der Waals surface area contributed by atoms with Gasteiger partial charge in [-0.1, -0.05) is 107 Å². The van der Waals surface area contributed by atoms with Gasteiger partial charge in [-0.3, -0.25) is 42.5 Å². The van der Waals surface area contributed by atoms with E-state index in [4.69, 9.17) is 0 Å². The molecule has 8 N–H and O–H groups in total. The number of nitrogens with one attached hydrogen (secondary N) is 8. The smallest absolute Gasteiger partial charge is 0.0628 e. The molecule has 9 aliphatic rings. The van der Waals surface area contributed by atoms with Crippen LogP contribution in [0.5, 0.6) is 0 Å². The van der Waals surface area contributed by atoms with E-state index in [0.717, 1.165) is 47.3 Å². The molecule has 8 bridgehead atoms. The van der Waals surface area contributed by atoms with Gasteiger partial charge in [0.15, 0.2) is 0 Å². The summed E-state index contributed by atoms with van der Waals surface area (Å²) in [6, 6.07) is 0. The third kappa shape index (κ3) is 7.86. The molecule has 0 spiro atoms. The highest BCUT2D eigenvalue weighted by Crippen LogP contribution is 2.45. The molecule has 0 aromatic heterocycles. The van der Waals surface area contributed by atoms with Crippen molar-refractivity contribution in [3.05, 3.63) is 0 Å². The van der Waals surface area contributed by atoms with E-state index in [0.29, 0.717) is 49.3 Å². The fourth-order valence-corrected chi connectivity index (χ4v) is 12.0. The van der Waals surface area contributed by atoms with E-state index in [1.165, 1.54) is 103 Å². The summed E-state index contributed by atoms with van der Waals surface area (Å²) in [5.41, 5.74) is 0. The van der Waals surface area contributed by atoms with Gasteiger partial charge in [-0.05, 0) is 98.7 Å². The van der Waals surface area contributed by atoms with Crippen molar-refractivity contribution in [3.63, 3.8) is 0 Å². The zero-order valence-electron chi connectivity index (χ0n) is 32.6. The predicted octanol–water partition coefficient (Wildman–Crippen LogP) is 6.71. The van der Waals surface area contributed by atoms with E-state index < -0.39 is 0 Å². The molecule has 4 aliphatic carbocycles. The first-order valence-electron chi connectivity index (χ1n) is 21.9. The standard InChI is InChI=1S/C32H56N8.4C2H6/c1-2-10-18-17(9-1)25-33-26(18)38-28-21-13-5-6-14-22(21)30(35-28)40-32-24-16-8-7-15-23(24)31(36-32)39-29-20-12-4-3-11-19(20)27(34-29)37-25;4*1-2/h17-40H,1-16H2;4*1-2H3. The van der Waals surface area contributed by atoms with E-state index in [-0.39, 0.29) is 0 Å². The first-order chi connectivity index (χ1) is 23.8. The monoisotopic (exact) mass is 673 g/mol. The molecule has 280 valence electrons. The van der Waals surface area contributed by atoms with Crippen LogP contribution in [0.4, 0.5) is 0 Å². The number of hydrogen-bond donors (Lipinski definition) is 8. The van der Waals surface area contributed by atoms with Crippen LogP contribution in [0.25, 0.3) is 0 Å². The third-order valence-electron chi connectivity index (χ3n) is 13.8. The van der Waals surface area contributed by atoms with Gasteiger partial charge in [0.1, 0.15) is 0 Å². The van der Waals surface area contributed by atoms with Crippen molar-refractivity contribution in [1.82, 2.24) is 42.5 Å². The minimum atomic E-state index is 0.420.